The van der Waals surface area contributed by atoms with Crippen LogP contribution in [0.5, 0.6) is 5.88 Å². The number of methoxy groups -OCH3 is 1. The second-order valence-corrected chi connectivity index (χ2v) is 4.53. The molecule has 1 aromatic rings. The monoisotopic (exact) mass is 265 g/mol. The summed E-state index contributed by atoms with van der Waals surface area (Å²) in [4.78, 5) is 24.2. The summed E-state index contributed by atoms with van der Waals surface area (Å²) in [6.07, 6.45) is 0. The van der Waals surface area contributed by atoms with E-state index in [0.717, 1.165) is 26.2 Å². The van der Waals surface area contributed by atoms with E-state index in [1.807, 2.05) is 4.90 Å². The molecule has 1 amide bonds. The van der Waals surface area contributed by atoms with Gasteiger partial charge in [-0.2, -0.15) is 4.98 Å². The van der Waals surface area contributed by atoms with E-state index in [9.17, 15) is 4.79 Å². The van der Waals surface area contributed by atoms with Crippen molar-refractivity contribution in [2.75, 3.05) is 52.3 Å². The minimum Gasteiger partial charge on any atom is -0.481 e. The predicted octanol–water partition coefficient (Wildman–Crippen LogP) is -0.403. The van der Waals surface area contributed by atoms with Gasteiger partial charge < -0.3 is 19.9 Å². The molecule has 0 atom stereocenters. The van der Waals surface area contributed by atoms with Crippen molar-refractivity contribution < 1.29 is 9.53 Å². The normalized spacial score (nSPS) is 15.2. The fraction of sp³-hybridized carbons (Fsp3) is 0.583. The van der Waals surface area contributed by atoms with Crippen LogP contribution in [0.1, 0.15) is 10.5 Å². The molecule has 2 rings (SSSR count). The van der Waals surface area contributed by atoms with Crippen molar-refractivity contribution in [3.8, 4) is 5.88 Å². The Hall–Kier alpha value is -1.89. The lowest BCUT2D eigenvalue weighted by Gasteiger charge is -2.27. The number of aromatic nitrogens is 2. The number of anilines is 1. The molecule has 2 heterocycles. The number of amides is 1. The molecular weight excluding hydrogens is 246 g/mol. The van der Waals surface area contributed by atoms with Crippen LogP contribution in [-0.2, 0) is 0 Å². The Balaban J connectivity index is 2.32. The highest BCUT2D eigenvalue weighted by Gasteiger charge is 2.18. The summed E-state index contributed by atoms with van der Waals surface area (Å²) >= 11 is 0. The Bertz CT molecular complexity index is 457. The van der Waals surface area contributed by atoms with Crippen molar-refractivity contribution in [3.63, 3.8) is 0 Å². The molecule has 0 saturated carbocycles. The van der Waals surface area contributed by atoms with Gasteiger partial charge in [0.2, 0.25) is 11.8 Å². The number of carbonyl (C=O) groups is 1. The lowest BCUT2D eigenvalue weighted by atomic mass is 10.3. The van der Waals surface area contributed by atoms with Gasteiger partial charge in [0.15, 0.2) is 0 Å². The van der Waals surface area contributed by atoms with Crippen molar-refractivity contribution in [3.05, 3.63) is 11.8 Å². The highest BCUT2D eigenvalue weighted by molar-refractivity contribution is 5.92. The molecule has 1 saturated heterocycles. The van der Waals surface area contributed by atoms with Crippen LogP contribution in [0.4, 0.5) is 5.95 Å². The second-order valence-electron chi connectivity index (χ2n) is 4.53. The van der Waals surface area contributed by atoms with E-state index in [1.54, 1.807) is 20.2 Å². The van der Waals surface area contributed by atoms with E-state index in [-0.39, 0.29) is 5.91 Å². The van der Waals surface area contributed by atoms with Crippen LogP contribution >= 0.6 is 0 Å². The number of hydrogen-bond acceptors (Lipinski definition) is 6. The van der Waals surface area contributed by atoms with Gasteiger partial charge in [0.05, 0.1) is 7.11 Å². The average molecular weight is 265 g/mol. The molecule has 7 heteroatoms. The van der Waals surface area contributed by atoms with Crippen LogP contribution in [0.15, 0.2) is 6.07 Å². The average Bonchev–Trinajstić information content (AvgIpc) is 2.46. The molecule has 0 aliphatic carbocycles. The number of carbonyl (C=O) groups excluding carboxylic acids is 1. The number of piperazine rings is 1. The zero-order valence-corrected chi connectivity index (χ0v) is 11.5. The van der Waals surface area contributed by atoms with E-state index in [0.29, 0.717) is 17.5 Å². The molecule has 1 aliphatic heterocycles. The van der Waals surface area contributed by atoms with Crippen LogP contribution in [0.3, 0.4) is 0 Å². The van der Waals surface area contributed by atoms with E-state index in [2.05, 4.69) is 15.3 Å². The van der Waals surface area contributed by atoms with E-state index in [4.69, 9.17) is 4.74 Å². The van der Waals surface area contributed by atoms with Crippen LogP contribution < -0.4 is 15.0 Å². The SMILES string of the molecule is COc1cc(C(=O)N(C)C)nc(N2CCNCC2)n1. The lowest BCUT2D eigenvalue weighted by Crippen LogP contribution is -2.44. The molecule has 7 nitrogen and oxygen atoms in total. The maximum Gasteiger partial charge on any atom is 0.272 e. The summed E-state index contributed by atoms with van der Waals surface area (Å²) in [6.45, 7) is 3.42. The van der Waals surface area contributed by atoms with Crippen LogP contribution in [-0.4, -0.2) is 68.2 Å². The van der Waals surface area contributed by atoms with Crippen molar-refractivity contribution in [1.29, 1.82) is 0 Å². The maximum absolute atomic E-state index is 12.0. The smallest absolute Gasteiger partial charge is 0.272 e. The van der Waals surface area contributed by atoms with Crippen molar-refractivity contribution in [2.45, 2.75) is 0 Å². The minimum absolute atomic E-state index is 0.155. The molecule has 0 aromatic carbocycles. The Kier molecular flexibility index (Phi) is 4.16. The van der Waals surface area contributed by atoms with Crippen molar-refractivity contribution in [1.82, 2.24) is 20.2 Å². The van der Waals surface area contributed by atoms with Crippen LogP contribution in [0.25, 0.3) is 0 Å². The minimum atomic E-state index is -0.155. The molecule has 1 aromatic heterocycles. The third-order valence-electron chi connectivity index (χ3n) is 2.93. The first kappa shape index (κ1) is 13.5. The van der Waals surface area contributed by atoms with Crippen LogP contribution in [0.2, 0.25) is 0 Å². The lowest BCUT2D eigenvalue weighted by molar-refractivity contribution is 0.0821. The predicted molar refractivity (Wildman–Crippen MR) is 71.7 cm³/mol. The van der Waals surface area contributed by atoms with E-state index in [1.165, 1.54) is 12.0 Å². The summed E-state index contributed by atoms with van der Waals surface area (Å²) in [5.41, 5.74) is 0.352. The van der Waals surface area contributed by atoms with E-state index < -0.39 is 0 Å². The molecule has 1 N–H and O–H groups in total. The molecule has 0 radical (unpaired) electrons. The largest absolute Gasteiger partial charge is 0.481 e. The van der Waals surface area contributed by atoms with Crippen LogP contribution in [0, 0.1) is 0 Å². The third kappa shape index (κ3) is 3.11. The van der Waals surface area contributed by atoms with E-state index >= 15 is 0 Å². The third-order valence-corrected chi connectivity index (χ3v) is 2.93. The maximum atomic E-state index is 12.0. The molecule has 0 bridgehead atoms. The van der Waals surface area contributed by atoms with Gasteiger partial charge >= 0.3 is 0 Å². The summed E-state index contributed by atoms with van der Waals surface area (Å²) in [6, 6.07) is 1.56. The highest BCUT2D eigenvalue weighted by atomic mass is 16.5. The molecule has 1 aliphatic rings. The molecular formula is C12H19N5O2. The zero-order chi connectivity index (χ0) is 13.8. The van der Waals surface area contributed by atoms with Gasteiger partial charge in [-0.15, -0.1) is 0 Å². The fourth-order valence-electron chi connectivity index (χ4n) is 1.86. The van der Waals surface area contributed by atoms with Gasteiger partial charge in [-0.05, 0) is 0 Å². The van der Waals surface area contributed by atoms with Crippen molar-refractivity contribution in [2.24, 2.45) is 0 Å². The summed E-state index contributed by atoms with van der Waals surface area (Å²) in [7, 11) is 4.93. The highest BCUT2D eigenvalue weighted by Crippen LogP contribution is 2.16. The topological polar surface area (TPSA) is 70.6 Å². The zero-order valence-electron chi connectivity index (χ0n) is 11.5. The number of nitrogens with one attached hydrogen (secondary N) is 1. The first-order chi connectivity index (χ1) is 9.11. The van der Waals surface area contributed by atoms with Gasteiger partial charge in [0, 0.05) is 46.3 Å². The molecule has 0 spiro atoms. The molecule has 19 heavy (non-hydrogen) atoms. The summed E-state index contributed by atoms with van der Waals surface area (Å²) < 4.78 is 5.15. The Morgan fingerprint density at radius 2 is 2.05 bits per heavy atom. The van der Waals surface area contributed by atoms with Gasteiger partial charge in [-0.3, -0.25) is 4.79 Å². The van der Waals surface area contributed by atoms with Gasteiger partial charge in [-0.25, -0.2) is 4.98 Å². The van der Waals surface area contributed by atoms with Gasteiger partial charge in [0.1, 0.15) is 5.69 Å². The number of nitrogens with zero attached hydrogens (tertiary/aromatic N) is 4. The molecule has 0 unspecified atom stereocenters. The quantitative estimate of drug-likeness (QED) is 0.801. The second kappa shape index (κ2) is 5.83. The molecule has 1 fully saturated rings. The number of ether oxygens (including phenoxy) is 1. The fourth-order valence-corrected chi connectivity index (χ4v) is 1.86. The number of rotatable bonds is 3. The Morgan fingerprint density at radius 1 is 1.37 bits per heavy atom. The Labute approximate surface area is 112 Å². The standard InChI is InChI=1S/C12H19N5O2/c1-16(2)11(18)9-8-10(19-3)15-12(14-9)17-6-4-13-5-7-17/h8,13H,4-7H2,1-3H3. The Morgan fingerprint density at radius 3 is 2.63 bits per heavy atom. The first-order valence-corrected chi connectivity index (χ1v) is 6.22. The van der Waals surface area contributed by atoms with Crippen molar-refractivity contribution >= 4 is 11.9 Å². The first-order valence-electron chi connectivity index (χ1n) is 6.22. The van der Waals surface area contributed by atoms with Gasteiger partial charge in [0.25, 0.3) is 5.91 Å². The number of hydrogen-bond donors (Lipinski definition) is 1. The van der Waals surface area contributed by atoms with Gasteiger partial charge in [-0.1, -0.05) is 0 Å². The molecule has 104 valence electrons. The summed E-state index contributed by atoms with van der Waals surface area (Å²) in [5.74, 6) is 0.803. The summed E-state index contributed by atoms with van der Waals surface area (Å²) in [5, 5.41) is 3.27.